The molecule has 2 aromatic heterocycles. The minimum absolute atomic E-state index is 0.00994. The standard InChI is InChI=1S/C27H36N4O2/c1-6-32-26-10-8-7-9-23(26)15-22-11-12-25(28-16-22)27-18-30(13-14-33-27)17-24-20(4)29-31(19(2)3)21(24)5/h7-12,16,19,27H,6,13-15,17-18H2,1-5H3/t27-/m0/s1. The number of ether oxygens (including phenoxy) is 2. The van der Waals surface area contributed by atoms with Crippen LogP contribution in [0.3, 0.4) is 0 Å². The van der Waals surface area contributed by atoms with Crippen molar-refractivity contribution in [3.63, 3.8) is 0 Å². The summed E-state index contributed by atoms with van der Waals surface area (Å²) in [4.78, 5) is 7.23. The summed E-state index contributed by atoms with van der Waals surface area (Å²) in [6, 6.07) is 12.9. The van der Waals surface area contributed by atoms with Crippen LogP contribution in [-0.2, 0) is 17.7 Å². The van der Waals surface area contributed by atoms with Crippen LogP contribution < -0.4 is 4.74 Å². The fourth-order valence-electron chi connectivity index (χ4n) is 4.57. The Labute approximate surface area is 197 Å². The van der Waals surface area contributed by atoms with Gasteiger partial charge in [-0.05, 0) is 57.9 Å². The quantitative estimate of drug-likeness (QED) is 0.483. The van der Waals surface area contributed by atoms with E-state index in [0.29, 0.717) is 19.3 Å². The summed E-state index contributed by atoms with van der Waals surface area (Å²) in [5.74, 6) is 0.946. The van der Waals surface area contributed by atoms with Crippen LogP contribution in [0.25, 0.3) is 0 Å². The minimum Gasteiger partial charge on any atom is -0.494 e. The fraction of sp³-hybridized carbons (Fsp3) is 0.481. The van der Waals surface area contributed by atoms with E-state index in [-0.39, 0.29) is 6.10 Å². The van der Waals surface area contributed by atoms with Crippen molar-refractivity contribution in [1.82, 2.24) is 19.7 Å². The van der Waals surface area contributed by atoms with Gasteiger partial charge in [-0.3, -0.25) is 14.6 Å². The number of pyridine rings is 1. The van der Waals surface area contributed by atoms with Gasteiger partial charge < -0.3 is 9.47 Å². The van der Waals surface area contributed by atoms with Crippen molar-refractivity contribution >= 4 is 0 Å². The highest BCUT2D eigenvalue weighted by Gasteiger charge is 2.25. The fourth-order valence-corrected chi connectivity index (χ4v) is 4.57. The van der Waals surface area contributed by atoms with E-state index in [1.807, 2.05) is 25.3 Å². The highest BCUT2D eigenvalue weighted by atomic mass is 16.5. The molecule has 1 saturated heterocycles. The van der Waals surface area contributed by atoms with E-state index in [9.17, 15) is 0 Å². The van der Waals surface area contributed by atoms with Crippen LogP contribution in [0.15, 0.2) is 42.6 Å². The van der Waals surface area contributed by atoms with E-state index < -0.39 is 0 Å². The molecule has 0 spiro atoms. The van der Waals surface area contributed by atoms with Gasteiger partial charge in [0.25, 0.3) is 0 Å². The molecule has 0 saturated carbocycles. The van der Waals surface area contributed by atoms with Crippen LogP contribution in [0.1, 0.15) is 66.7 Å². The predicted molar refractivity (Wildman–Crippen MR) is 131 cm³/mol. The van der Waals surface area contributed by atoms with Crippen LogP contribution in [0.2, 0.25) is 0 Å². The van der Waals surface area contributed by atoms with Gasteiger partial charge in [-0.1, -0.05) is 24.3 Å². The molecule has 3 heterocycles. The van der Waals surface area contributed by atoms with E-state index in [1.54, 1.807) is 0 Å². The third-order valence-electron chi connectivity index (χ3n) is 6.34. The molecule has 0 radical (unpaired) electrons. The maximum atomic E-state index is 6.10. The van der Waals surface area contributed by atoms with E-state index in [2.05, 4.69) is 61.5 Å². The number of hydrogen-bond acceptors (Lipinski definition) is 5. The first-order chi connectivity index (χ1) is 16.0. The zero-order valence-corrected chi connectivity index (χ0v) is 20.5. The number of morpholine rings is 1. The lowest BCUT2D eigenvalue weighted by Gasteiger charge is -2.32. The van der Waals surface area contributed by atoms with E-state index in [4.69, 9.17) is 19.6 Å². The summed E-state index contributed by atoms with van der Waals surface area (Å²) in [7, 11) is 0. The lowest BCUT2D eigenvalue weighted by atomic mass is 10.0. The molecule has 33 heavy (non-hydrogen) atoms. The number of aryl methyl sites for hydroxylation is 1. The van der Waals surface area contributed by atoms with Gasteiger partial charge in [0.05, 0.1) is 24.6 Å². The van der Waals surface area contributed by atoms with Gasteiger partial charge in [0.2, 0.25) is 0 Å². The first kappa shape index (κ1) is 23.5. The molecule has 1 fully saturated rings. The first-order valence-electron chi connectivity index (χ1n) is 12.0. The molecule has 0 unspecified atom stereocenters. The Morgan fingerprint density at radius 2 is 1.97 bits per heavy atom. The summed E-state index contributed by atoms with van der Waals surface area (Å²) in [6.45, 7) is 14.7. The average Bonchev–Trinajstić information content (AvgIpc) is 3.10. The van der Waals surface area contributed by atoms with Gasteiger partial charge in [0, 0.05) is 49.6 Å². The van der Waals surface area contributed by atoms with Gasteiger partial charge >= 0.3 is 0 Å². The lowest BCUT2D eigenvalue weighted by molar-refractivity contribution is -0.0351. The van der Waals surface area contributed by atoms with Gasteiger partial charge in [-0.2, -0.15) is 5.10 Å². The summed E-state index contributed by atoms with van der Waals surface area (Å²) in [5, 5.41) is 4.75. The average molecular weight is 449 g/mol. The van der Waals surface area contributed by atoms with Crippen LogP contribution in [0, 0.1) is 13.8 Å². The second kappa shape index (κ2) is 10.5. The van der Waals surface area contributed by atoms with Gasteiger partial charge in [0.15, 0.2) is 0 Å². The summed E-state index contributed by atoms with van der Waals surface area (Å²) < 4.78 is 14.0. The number of aromatic nitrogens is 3. The molecule has 176 valence electrons. The molecule has 4 rings (SSSR count). The molecule has 6 nitrogen and oxygen atoms in total. The molecule has 0 bridgehead atoms. The molecule has 1 atom stereocenters. The Kier molecular flexibility index (Phi) is 7.46. The molecule has 6 heteroatoms. The van der Waals surface area contributed by atoms with Gasteiger partial charge in [0.1, 0.15) is 11.9 Å². The molecule has 1 aliphatic heterocycles. The Bertz CT molecular complexity index is 1060. The topological polar surface area (TPSA) is 52.4 Å². The molecule has 0 aliphatic carbocycles. The number of para-hydroxylation sites is 1. The molecule has 3 aromatic rings. The first-order valence-corrected chi connectivity index (χ1v) is 12.0. The largest absolute Gasteiger partial charge is 0.494 e. The van der Waals surface area contributed by atoms with Crippen LogP contribution in [0.4, 0.5) is 0 Å². The third kappa shape index (κ3) is 5.45. The number of rotatable bonds is 8. The Hall–Kier alpha value is -2.70. The SMILES string of the molecule is CCOc1ccccc1Cc1ccc([C@@H]2CN(Cc3c(C)nn(C(C)C)c3C)CCO2)nc1. The maximum absolute atomic E-state index is 6.10. The van der Waals surface area contributed by atoms with Crippen molar-refractivity contribution in [3.05, 3.63) is 76.4 Å². The zero-order chi connectivity index (χ0) is 23.4. The Morgan fingerprint density at radius 3 is 2.67 bits per heavy atom. The summed E-state index contributed by atoms with van der Waals surface area (Å²) in [6.07, 6.45) is 2.77. The maximum Gasteiger partial charge on any atom is 0.122 e. The predicted octanol–water partition coefficient (Wildman–Crippen LogP) is 5.04. The zero-order valence-electron chi connectivity index (χ0n) is 20.5. The molecule has 0 amide bonds. The van der Waals surface area contributed by atoms with Crippen molar-refractivity contribution in [1.29, 1.82) is 0 Å². The van der Waals surface area contributed by atoms with E-state index >= 15 is 0 Å². The molecular formula is C27H36N4O2. The number of nitrogens with zero attached hydrogens (tertiary/aromatic N) is 4. The Balaban J connectivity index is 1.42. The van der Waals surface area contributed by atoms with E-state index in [0.717, 1.165) is 43.2 Å². The van der Waals surface area contributed by atoms with Crippen molar-refractivity contribution in [2.45, 2.75) is 59.7 Å². The monoisotopic (exact) mass is 448 g/mol. The highest BCUT2D eigenvalue weighted by Crippen LogP contribution is 2.26. The van der Waals surface area contributed by atoms with Gasteiger partial charge in [-0.15, -0.1) is 0 Å². The second-order valence-corrected chi connectivity index (χ2v) is 9.09. The highest BCUT2D eigenvalue weighted by molar-refractivity contribution is 5.37. The van der Waals surface area contributed by atoms with Gasteiger partial charge in [-0.25, -0.2) is 0 Å². The molecule has 0 N–H and O–H groups in total. The molecule has 1 aromatic carbocycles. The third-order valence-corrected chi connectivity index (χ3v) is 6.34. The normalized spacial score (nSPS) is 17.0. The van der Waals surface area contributed by atoms with Crippen LogP contribution in [-0.4, -0.2) is 46.0 Å². The minimum atomic E-state index is -0.00994. The molecular weight excluding hydrogens is 412 g/mol. The summed E-state index contributed by atoms with van der Waals surface area (Å²) in [5.41, 5.74) is 7.07. The van der Waals surface area contributed by atoms with E-state index in [1.165, 1.54) is 22.4 Å². The number of hydrogen-bond donors (Lipinski definition) is 0. The lowest BCUT2D eigenvalue weighted by Crippen LogP contribution is -2.38. The van der Waals surface area contributed by atoms with Crippen LogP contribution >= 0.6 is 0 Å². The summed E-state index contributed by atoms with van der Waals surface area (Å²) >= 11 is 0. The second-order valence-electron chi connectivity index (χ2n) is 9.09. The smallest absolute Gasteiger partial charge is 0.122 e. The van der Waals surface area contributed by atoms with Crippen LogP contribution in [0.5, 0.6) is 5.75 Å². The molecule has 1 aliphatic rings. The van der Waals surface area contributed by atoms with Crippen molar-refractivity contribution in [2.75, 3.05) is 26.3 Å². The Morgan fingerprint density at radius 1 is 1.15 bits per heavy atom. The van der Waals surface area contributed by atoms with Crippen molar-refractivity contribution < 1.29 is 9.47 Å². The van der Waals surface area contributed by atoms with Crippen molar-refractivity contribution in [3.8, 4) is 5.75 Å². The van der Waals surface area contributed by atoms with Crippen molar-refractivity contribution in [2.24, 2.45) is 0 Å². The number of benzene rings is 1.